The molecule has 0 aromatic carbocycles. The van der Waals surface area contributed by atoms with Gasteiger partial charge in [-0.2, -0.15) is 0 Å². The number of alkyl halides is 1. The maximum Gasteiger partial charge on any atom is 0.305 e. The maximum atomic E-state index is 13.2. The summed E-state index contributed by atoms with van der Waals surface area (Å²) in [4.78, 5) is 43.6. The maximum absolute atomic E-state index is 13.2. The largest absolute Gasteiger partial charge is 0.490 e. The second-order valence-corrected chi connectivity index (χ2v) is 10.3. The quantitative estimate of drug-likeness (QED) is 0.242. The minimum absolute atomic E-state index is 0.0438. The number of halogens is 1. The van der Waals surface area contributed by atoms with Crippen molar-refractivity contribution < 1.29 is 38.1 Å². The lowest BCUT2D eigenvalue weighted by Gasteiger charge is -2.33. The van der Waals surface area contributed by atoms with Crippen molar-refractivity contribution in [3.8, 4) is 5.75 Å². The Morgan fingerprint density at radius 3 is 2.60 bits per heavy atom. The van der Waals surface area contributed by atoms with E-state index in [9.17, 15) is 23.9 Å². The number of ether oxygens (including phenoxy) is 3. The first kappa shape index (κ1) is 31.7. The predicted octanol–water partition coefficient (Wildman–Crippen LogP) is 2.11. The number of carboxylic acid groups (broad SMARTS) is 1. The number of piperidine rings is 2. The molecule has 2 atom stereocenters. The van der Waals surface area contributed by atoms with Crippen LogP contribution < -0.4 is 15.4 Å². The van der Waals surface area contributed by atoms with Crippen molar-refractivity contribution in [2.45, 2.75) is 51.0 Å². The van der Waals surface area contributed by atoms with Gasteiger partial charge < -0.3 is 34.9 Å². The van der Waals surface area contributed by atoms with Crippen LogP contribution >= 0.6 is 0 Å². The number of nitrogens with one attached hydrogen (secondary N) is 2. The molecule has 0 aliphatic carbocycles. The van der Waals surface area contributed by atoms with Gasteiger partial charge in [-0.1, -0.05) is 0 Å². The molecule has 3 rings (SSSR count). The fourth-order valence-electron chi connectivity index (χ4n) is 5.09. The highest BCUT2D eigenvalue weighted by molar-refractivity contribution is 5.82. The monoisotopic (exact) mass is 566 g/mol. The van der Waals surface area contributed by atoms with Gasteiger partial charge in [0.25, 0.3) is 0 Å². The highest BCUT2D eigenvalue weighted by Gasteiger charge is 2.30. The van der Waals surface area contributed by atoms with E-state index in [1.54, 1.807) is 11.0 Å². The molecule has 1 aromatic rings. The van der Waals surface area contributed by atoms with Gasteiger partial charge in [0.05, 0.1) is 51.0 Å². The fraction of sp³-hybridized carbons (Fsp3) is 0.714. The van der Waals surface area contributed by atoms with Crippen LogP contribution in [-0.2, 0) is 23.9 Å². The van der Waals surface area contributed by atoms with E-state index in [-0.39, 0.29) is 38.1 Å². The van der Waals surface area contributed by atoms with Crippen LogP contribution in [0.2, 0.25) is 0 Å². The van der Waals surface area contributed by atoms with E-state index < -0.39 is 24.6 Å². The third kappa shape index (κ3) is 11.3. The smallest absolute Gasteiger partial charge is 0.305 e. The van der Waals surface area contributed by atoms with Crippen LogP contribution in [0, 0.1) is 11.8 Å². The first-order chi connectivity index (χ1) is 19.5. The number of rotatable bonds is 17. The molecular formula is C28H43FN4O7. The fourth-order valence-corrected chi connectivity index (χ4v) is 5.09. The summed E-state index contributed by atoms with van der Waals surface area (Å²) < 4.78 is 28.0. The van der Waals surface area contributed by atoms with Crippen molar-refractivity contribution in [3.05, 3.63) is 24.0 Å². The minimum Gasteiger partial charge on any atom is -0.490 e. The predicted molar refractivity (Wildman–Crippen MR) is 145 cm³/mol. The van der Waals surface area contributed by atoms with Gasteiger partial charge in [0.15, 0.2) is 0 Å². The van der Waals surface area contributed by atoms with Gasteiger partial charge in [0.2, 0.25) is 11.8 Å². The van der Waals surface area contributed by atoms with E-state index in [4.69, 9.17) is 14.2 Å². The normalized spacial score (nSPS) is 18.7. The summed E-state index contributed by atoms with van der Waals surface area (Å²) in [6.45, 7) is 3.62. The zero-order valence-corrected chi connectivity index (χ0v) is 23.2. The summed E-state index contributed by atoms with van der Waals surface area (Å²) in [5, 5.41) is 15.7. The van der Waals surface area contributed by atoms with E-state index in [1.807, 2.05) is 0 Å². The number of hydrogen-bond donors (Lipinski definition) is 3. The molecule has 2 fully saturated rings. The molecule has 40 heavy (non-hydrogen) atoms. The second kappa shape index (κ2) is 17.8. The standard InChI is InChI=1S/C28H43FN4O7/c29-7-11-38-12-13-39-14-15-40-24-16-23(18-31-19-24)25(17-27(35)36)32-28(37)22-2-1-10-33(20-22)26(34)4-3-21-5-8-30-9-6-21/h16,18-19,21-22,25,30H,1-15,17,20H2,(H,32,37)(H,35,36)/t22-,25?/m1/s1. The summed E-state index contributed by atoms with van der Waals surface area (Å²) >= 11 is 0. The summed E-state index contributed by atoms with van der Waals surface area (Å²) in [7, 11) is 0. The molecule has 1 aromatic heterocycles. The minimum atomic E-state index is -1.06. The Hall–Kier alpha value is -2.83. The van der Waals surface area contributed by atoms with Gasteiger partial charge in [0.1, 0.15) is 19.0 Å². The molecule has 12 heteroatoms. The number of carbonyl (C=O) groups excluding carboxylic acids is 2. The Morgan fingerprint density at radius 2 is 1.85 bits per heavy atom. The molecule has 2 saturated heterocycles. The molecule has 0 radical (unpaired) electrons. The SMILES string of the molecule is O=C(O)CC(NC(=O)[C@@H]1CCCN(C(=O)CCC2CCNCC2)C1)c1cncc(OCCOCCOCCF)c1. The molecule has 224 valence electrons. The summed E-state index contributed by atoms with van der Waals surface area (Å²) in [6.07, 6.45) is 7.63. The van der Waals surface area contributed by atoms with Crippen molar-refractivity contribution in [1.82, 2.24) is 20.5 Å². The Bertz CT molecular complexity index is 932. The van der Waals surface area contributed by atoms with Crippen LogP contribution in [0.3, 0.4) is 0 Å². The van der Waals surface area contributed by atoms with Crippen LogP contribution in [-0.4, -0.2) is 98.7 Å². The Balaban J connectivity index is 1.49. The number of hydrogen-bond acceptors (Lipinski definition) is 8. The Labute approximate surface area is 235 Å². The lowest BCUT2D eigenvalue weighted by Crippen LogP contribution is -2.46. The van der Waals surface area contributed by atoms with Crippen molar-refractivity contribution in [2.75, 3.05) is 65.9 Å². The molecule has 0 saturated carbocycles. The zero-order chi connectivity index (χ0) is 28.6. The molecule has 2 aliphatic heterocycles. The van der Waals surface area contributed by atoms with Gasteiger partial charge in [0, 0.05) is 25.7 Å². The van der Waals surface area contributed by atoms with Crippen LogP contribution in [0.1, 0.15) is 56.6 Å². The van der Waals surface area contributed by atoms with Gasteiger partial charge >= 0.3 is 5.97 Å². The first-order valence-electron chi connectivity index (χ1n) is 14.3. The summed E-state index contributed by atoms with van der Waals surface area (Å²) in [5.74, 6) is -0.646. The molecule has 0 spiro atoms. The third-order valence-electron chi connectivity index (χ3n) is 7.29. The molecule has 0 bridgehead atoms. The van der Waals surface area contributed by atoms with Gasteiger partial charge in [-0.3, -0.25) is 19.4 Å². The Morgan fingerprint density at radius 1 is 1.10 bits per heavy atom. The van der Waals surface area contributed by atoms with Gasteiger partial charge in [-0.25, -0.2) is 4.39 Å². The number of amides is 2. The second-order valence-electron chi connectivity index (χ2n) is 10.3. The lowest BCUT2D eigenvalue weighted by atomic mass is 9.92. The average Bonchev–Trinajstić information content (AvgIpc) is 2.97. The van der Waals surface area contributed by atoms with Gasteiger partial charge in [-0.05, 0) is 62.7 Å². The zero-order valence-electron chi connectivity index (χ0n) is 23.2. The topological polar surface area (TPSA) is 139 Å². The molecule has 2 amide bonds. The Kier molecular flexibility index (Phi) is 14.1. The number of likely N-dealkylation sites (tertiary alicyclic amines) is 1. The number of aliphatic carboxylic acids is 1. The number of pyridine rings is 1. The van der Waals surface area contributed by atoms with Crippen molar-refractivity contribution in [3.63, 3.8) is 0 Å². The lowest BCUT2D eigenvalue weighted by molar-refractivity contribution is -0.138. The molecule has 2 aliphatic rings. The summed E-state index contributed by atoms with van der Waals surface area (Å²) in [5.41, 5.74) is 0.513. The number of carbonyl (C=O) groups is 3. The molecule has 1 unspecified atom stereocenters. The first-order valence-corrected chi connectivity index (χ1v) is 14.3. The van der Waals surface area contributed by atoms with Crippen LogP contribution in [0.4, 0.5) is 4.39 Å². The van der Waals surface area contributed by atoms with E-state index in [0.717, 1.165) is 38.8 Å². The number of nitrogens with zero attached hydrogens (tertiary/aromatic N) is 2. The average molecular weight is 567 g/mol. The highest BCUT2D eigenvalue weighted by atomic mass is 19.1. The number of aromatic nitrogens is 1. The van der Waals surface area contributed by atoms with Crippen LogP contribution in [0.15, 0.2) is 18.5 Å². The van der Waals surface area contributed by atoms with Crippen molar-refractivity contribution in [2.24, 2.45) is 11.8 Å². The van der Waals surface area contributed by atoms with Gasteiger partial charge in [-0.15, -0.1) is 0 Å². The highest BCUT2D eigenvalue weighted by Crippen LogP contribution is 2.25. The van der Waals surface area contributed by atoms with E-state index in [0.29, 0.717) is 56.4 Å². The molecule has 3 N–H and O–H groups in total. The van der Waals surface area contributed by atoms with E-state index >= 15 is 0 Å². The molecule has 3 heterocycles. The molecular weight excluding hydrogens is 523 g/mol. The van der Waals surface area contributed by atoms with E-state index in [1.165, 1.54) is 12.4 Å². The van der Waals surface area contributed by atoms with Crippen LogP contribution in [0.5, 0.6) is 5.75 Å². The van der Waals surface area contributed by atoms with Crippen molar-refractivity contribution >= 4 is 17.8 Å². The van der Waals surface area contributed by atoms with Crippen molar-refractivity contribution in [1.29, 1.82) is 0 Å². The third-order valence-corrected chi connectivity index (χ3v) is 7.29. The van der Waals surface area contributed by atoms with Crippen LogP contribution in [0.25, 0.3) is 0 Å². The van der Waals surface area contributed by atoms with E-state index in [2.05, 4.69) is 15.6 Å². The summed E-state index contributed by atoms with van der Waals surface area (Å²) in [6, 6.07) is 0.860. The molecule has 11 nitrogen and oxygen atoms in total. The number of carboxylic acids is 1.